The van der Waals surface area contributed by atoms with Crippen molar-refractivity contribution in [3.8, 4) is 34.1 Å². The van der Waals surface area contributed by atoms with Crippen LogP contribution in [0, 0.1) is 10.1 Å². The average molecular weight is 391 g/mol. The van der Waals surface area contributed by atoms with E-state index in [9.17, 15) is 10.1 Å². The van der Waals surface area contributed by atoms with Crippen LogP contribution in [-0.4, -0.2) is 11.6 Å². The average Bonchev–Trinajstić information content (AvgIpc) is 2.79. The second-order valence-corrected chi connectivity index (χ2v) is 7.34. The zero-order valence-electron chi connectivity index (χ0n) is 15.7. The fourth-order valence-electron chi connectivity index (χ4n) is 4.46. The Kier molecular flexibility index (Phi) is 3.50. The Morgan fingerprint density at radius 2 is 1.30 bits per heavy atom. The molecular formula is C24H14BNO4. The molecule has 2 heterocycles. The van der Waals surface area contributed by atoms with Gasteiger partial charge in [0.2, 0.25) is 0 Å². The van der Waals surface area contributed by atoms with Crippen molar-refractivity contribution in [2.45, 2.75) is 0 Å². The Hall–Kier alpha value is -4.06. The lowest BCUT2D eigenvalue weighted by Crippen LogP contribution is -2.57. The highest BCUT2D eigenvalue weighted by atomic mass is 16.6. The first-order valence-corrected chi connectivity index (χ1v) is 9.66. The molecule has 0 aliphatic carbocycles. The minimum absolute atomic E-state index is 0.0461. The normalized spacial score (nSPS) is 12.7. The van der Waals surface area contributed by atoms with Crippen molar-refractivity contribution in [2.24, 2.45) is 0 Å². The summed E-state index contributed by atoms with van der Waals surface area (Å²) >= 11 is 0. The molecule has 2 aliphatic heterocycles. The van der Waals surface area contributed by atoms with E-state index in [-0.39, 0.29) is 17.3 Å². The molecule has 0 saturated carbocycles. The lowest BCUT2D eigenvalue weighted by molar-refractivity contribution is -0.384. The van der Waals surface area contributed by atoms with E-state index < -0.39 is 0 Å². The SMILES string of the molecule is O=[N+]([O-])c1ccccc1-c1ccc2c3c1Oc1ccccc1B3c1ccccc1O2. The van der Waals surface area contributed by atoms with Crippen LogP contribution >= 0.6 is 0 Å². The van der Waals surface area contributed by atoms with Crippen molar-refractivity contribution in [3.63, 3.8) is 0 Å². The standard InChI is InChI=1S/C24H14BNO4/c27-26(28)19-10-4-1-7-15(19)16-13-14-22-23-24(16)30-21-12-6-3-9-18(21)25(23)17-8-2-5-11-20(17)29-22/h1-14H. The van der Waals surface area contributed by atoms with E-state index in [0.29, 0.717) is 22.6 Å². The van der Waals surface area contributed by atoms with Crippen LogP contribution in [0.1, 0.15) is 0 Å². The van der Waals surface area contributed by atoms with Gasteiger partial charge in [0.05, 0.1) is 10.5 Å². The van der Waals surface area contributed by atoms with Crippen LogP contribution < -0.4 is 25.9 Å². The zero-order chi connectivity index (χ0) is 20.2. The van der Waals surface area contributed by atoms with Crippen molar-refractivity contribution in [2.75, 3.05) is 0 Å². The number of nitrogens with zero attached hydrogens (tertiary/aromatic N) is 1. The molecule has 0 amide bonds. The first-order chi connectivity index (χ1) is 14.7. The summed E-state index contributed by atoms with van der Waals surface area (Å²) in [6.45, 7) is -0.0624. The highest BCUT2D eigenvalue weighted by Gasteiger charge is 2.41. The molecule has 0 atom stereocenters. The van der Waals surface area contributed by atoms with Gasteiger partial charge in [-0.1, -0.05) is 48.5 Å². The maximum absolute atomic E-state index is 11.7. The van der Waals surface area contributed by atoms with Gasteiger partial charge in [-0.05, 0) is 41.3 Å². The van der Waals surface area contributed by atoms with E-state index in [1.165, 1.54) is 6.07 Å². The lowest BCUT2D eigenvalue weighted by atomic mass is 9.34. The molecule has 2 aliphatic rings. The summed E-state index contributed by atoms with van der Waals surface area (Å²) in [5, 5.41) is 11.7. The fraction of sp³-hybridized carbons (Fsp3) is 0. The van der Waals surface area contributed by atoms with Crippen molar-refractivity contribution in [1.29, 1.82) is 0 Å². The molecule has 0 fully saturated rings. The van der Waals surface area contributed by atoms with Crippen molar-refractivity contribution in [3.05, 3.63) is 95.0 Å². The number of hydrogen-bond acceptors (Lipinski definition) is 4. The Bertz CT molecular complexity index is 1340. The van der Waals surface area contributed by atoms with Crippen LogP contribution in [0.5, 0.6) is 23.0 Å². The van der Waals surface area contributed by atoms with Crippen molar-refractivity contribution < 1.29 is 14.4 Å². The van der Waals surface area contributed by atoms with Crippen LogP contribution in [-0.2, 0) is 0 Å². The predicted octanol–water partition coefficient (Wildman–Crippen LogP) is 3.99. The number of rotatable bonds is 2. The number of benzene rings is 4. The topological polar surface area (TPSA) is 61.6 Å². The number of ether oxygens (including phenoxy) is 2. The molecular weight excluding hydrogens is 377 g/mol. The van der Waals surface area contributed by atoms with Gasteiger partial charge in [0.1, 0.15) is 23.0 Å². The molecule has 0 bridgehead atoms. The number of fused-ring (bicyclic) bond motifs is 4. The smallest absolute Gasteiger partial charge is 0.277 e. The molecule has 4 aromatic rings. The van der Waals surface area contributed by atoms with Gasteiger partial charge in [-0.15, -0.1) is 0 Å². The third kappa shape index (κ3) is 2.31. The Balaban J connectivity index is 1.67. The third-order valence-corrected chi connectivity index (χ3v) is 5.73. The number of nitro benzene ring substituents is 1. The van der Waals surface area contributed by atoms with Crippen LogP contribution in [0.25, 0.3) is 11.1 Å². The quantitative estimate of drug-likeness (QED) is 0.254. The fourth-order valence-corrected chi connectivity index (χ4v) is 4.46. The van der Waals surface area contributed by atoms with E-state index in [4.69, 9.17) is 9.47 Å². The summed E-state index contributed by atoms with van der Waals surface area (Å²) in [6, 6.07) is 26.4. The lowest BCUT2D eigenvalue weighted by Gasteiger charge is -2.33. The maximum atomic E-state index is 11.7. The third-order valence-electron chi connectivity index (χ3n) is 5.73. The molecule has 4 aromatic carbocycles. The van der Waals surface area contributed by atoms with Gasteiger partial charge in [0.15, 0.2) is 0 Å². The summed E-state index contributed by atoms with van der Waals surface area (Å²) in [5.41, 5.74) is 4.28. The van der Waals surface area contributed by atoms with E-state index >= 15 is 0 Å². The largest absolute Gasteiger partial charge is 0.458 e. The molecule has 6 rings (SSSR count). The molecule has 0 spiro atoms. The first-order valence-electron chi connectivity index (χ1n) is 9.66. The van der Waals surface area contributed by atoms with Gasteiger partial charge in [-0.2, -0.15) is 0 Å². The molecule has 30 heavy (non-hydrogen) atoms. The second-order valence-electron chi connectivity index (χ2n) is 7.34. The monoisotopic (exact) mass is 391 g/mol. The number of hydrogen-bond donors (Lipinski definition) is 0. The van der Waals surface area contributed by atoms with Gasteiger partial charge >= 0.3 is 0 Å². The number of para-hydroxylation sites is 3. The molecule has 5 nitrogen and oxygen atoms in total. The van der Waals surface area contributed by atoms with E-state index in [0.717, 1.165) is 27.9 Å². The van der Waals surface area contributed by atoms with E-state index in [1.807, 2.05) is 48.5 Å². The minimum Gasteiger partial charge on any atom is -0.458 e. The first kappa shape index (κ1) is 16.9. The van der Waals surface area contributed by atoms with Gasteiger partial charge in [-0.25, -0.2) is 0 Å². The Morgan fingerprint density at radius 1 is 0.667 bits per heavy atom. The van der Waals surface area contributed by atoms with E-state index in [2.05, 4.69) is 12.1 Å². The van der Waals surface area contributed by atoms with Crippen LogP contribution in [0.2, 0.25) is 0 Å². The van der Waals surface area contributed by atoms with Crippen LogP contribution in [0.3, 0.4) is 0 Å². The highest BCUT2D eigenvalue weighted by Crippen LogP contribution is 2.42. The molecule has 0 unspecified atom stereocenters. The van der Waals surface area contributed by atoms with Gasteiger partial charge in [0.25, 0.3) is 12.4 Å². The maximum Gasteiger partial charge on any atom is 0.277 e. The summed E-state index contributed by atoms with van der Waals surface area (Å²) in [7, 11) is 0. The summed E-state index contributed by atoms with van der Waals surface area (Å²) in [4.78, 5) is 11.3. The van der Waals surface area contributed by atoms with Gasteiger partial charge in [-0.3, -0.25) is 10.1 Å². The number of nitro groups is 1. The molecule has 0 saturated heterocycles. The zero-order valence-corrected chi connectivity index (χ0v) is 15.7. The molecule has 6 heteroatoms. The molecule has 0 radical (unpaired) electrons. The molecule has 0 N–H and O–H groups in total. The van der Waals surface area contributed by atoms with Crippen LogP contribution in [0.15, 0.2) is 84.9 Å². The predicted molar refractivity (Wildman–Crippen MR) is 116 cm³/mol. The summed E-state index contributed by atoms with van der Waals surface area (Å²) in [6.07, 6.45) is 0. The summed E-state index contributed by atoms with van der Waals surface area (Å²) < 4.78 is 12.6. The van der Waals surface area contributed by atoms with Crippen LogP contribution in [0.4, 0.5) is 5.69 Å². The Labute approximate surface area is 172 Å². The minimum atomic E-state index is -0.360. The van der Waals surface area contributed by atoms with Gasteiger partial charge < -0.3 is 9.47 Å². The van der Waals surface area contributed by atoms with Crippen molar-refractivity contribution in [1.82, 2.24) is 0 Å². The molecule has 142 valence electrons. The van der Waals surface area contributed by atoms with Gasteiger partial charge in [0, 0.05) is 17.1 Å². The summed E-state index contributed by atoms with van der Waals surface area (Å²) in [5.74, 6) is 2.89. The van der Waals surface area contributed by atoms with E-state index in [1.54, 1.807) is 18.2 Å². The highest BCUT2D eigenvalue weighted by molar-refractivity contribution is 6.98. The van der Waals surface area contributed by atoms with Crippen molar-refractivity contribution >= 4 is 28.8 Å². The molecule has 0 aromatic heterocycles. The Morgan fingerprint density at radius 3 is 2.03 bits per heavy atom. The second kappa shape index (κ2) is 6.22.